The van der Waals surface area contributed by atoms with E-state index >= 15 is 0 Å². The van der Waals surface area contributed by atoms with Gasteiger partial charge in [0.25, 0.3) is 0 Å². The third-order valence-corrected chi connectivity index (χ3v) is 14.8. The van der Waals surface area contributed by atoms with Crippen LogP contribution in [0.15, 0.2) is 267 Å². The summed E-state index contributed by atoms with van der Waals surface area (Å²) in [4.78, 5) is 2.36. The first-order chi connectivity index (χ1) is 34.2. The minimum absolute atomic E-state index is 1.09. The summed E-state index contributed by atoms with van der Waals surface area (Å²) in [5.74, 6) is 0. The summed E-state index contributed by atoms with van der Waals surface area (Å²) in [6.45, 7) is 0. The Balaban J connectivity index is 0.833. The zero-order valence-corrected chi connectivity index (χ0v) is 38.5. The monoisotopic (exact) mass is 896 g/mol. The maximum atomic E-state index is 2.44. The van der Waals surface area contributed by atoms with Gasteiger partial charge in [-0.3, -0.25) is 0 Å². The quantitative estimate of drug-likeness (QED) is 0.140. The smallest absolute Gasteiger partial charge is 0.0547 e. The number of anilines is 3. The SMILES string of the molecule is c1ccc(-c2ccc(N(c3ccc(-c4ccc(-c5ccccc5-n5c6ccccc6c6ccc(-c7ccccc7)cc65)cc4)cc3)c3ccc(-c4ccc5sc6ccccc6c5c4)cc3)cc2)cc1. The van der Waals surface area contributed by atoms with E-state index in [2.05, 4.69) is 276 Å². The molecule has 3 heteroatoms. The fourth-order valence-corrected chi connectivity index (χ4v) is 11.3. The van der Waals surface area contributed by atoms with E-state index in [1.807, 2.05) is 11.3 Å². The number of nitrogens with zero attached hydrogens (tertiary/aromatic N) is 2. The molecule has 0 aliphatic heterocycles. The van der Waals surface area contributed by atoms with Crippen LogP contribution in [0.4, 0.5) is 17.1 Å². The van der Waals surface area contributed by atoms with Gasteiger partial charge in [-0.1, -0.05) is 194 Å². The molecular weight excluding hydrogens is 853 g/mol. The highest BCUT2D eigenvalue weighted by molar-refractivity contribution is 7.25. The summed E-state index contributed by atoms with van der Waals surface area (Å²) in [6, 6.07) is 97.3. The molecule has 13 aromatic rings. The van der Waals surface area contributed by atoms with Crippen molar-refractivity contribution in [2.45, 2.75) is 0 Å². The Hall–Kier alpha value is -8.76. The fourth-order valence-electron chi connectivity index (χ4n) is 10.2. The van der Waals surface area contributed by atoms with Gasteiger partial charge in [0, 0.05) is 53.6 Å². The van der Waals surface area contributed by atoms with Crippen molar-refractivity contribution >= 4 is 70.4 Å². The van der Waals surface area contributed by atoms with Gasteiger partial charge < -0.3 is 9.47 Å². The first-order valence-corrected chi connectivity index (χ1v) is 24.4. The Labute approximate surface area is 405 Å². The largest absolute Gasteiger partial charge is 0.311 e. The normalized spacial score (nSPS) is 11.5. The molecule has 0 radical (unpaired) electrons. The van der Waals surface area contributed by atoms with Gasteiger partial charge in [0.15, 0.2) is 0 Å². The van der Waals surface area contributed by atoms with E-state index in [9.17, 15) is 0 Å². The predicted octanol–water partition coefficient (Wildman–Crippen LogP) is 19.0. The highest BCUT2D eigenvalue weighted by atomic mass is 32.1. The van der Waals surface area contributed by atoms with E-state index in [0.717, 1.165) is 22.7 Å². The summed E-state index contributed by atoms with van der Waals surface area (Å²) in [6.07, 6.45) is 0. The molecule has 0 saturated heterocycles. The average molecular weight is 897 g/mol. The van der Waals surface area contributed by atoms with Crippen LogP contribution in [-0.2, 0) is 0 Å². The zero-order chi connectivity index (χ0) is 45.7. The second kappa shape index (κ2) is 17.2. The molecule has 13 rings (SSSR count). The maximum absolute atomic E-state index is 2.44. The lowest BCUT2D eigenvalue weighted by atomic mass is 9.98. The van der Waals surface area contributed by atoms with Crippen LogP contribution in [0.5, 0.6) is 0 Å². The molecule has 0 atom stereocenters. The molecule has 0 amide bonds. The lowest BCUT2D eigenvalue weighted by Crippen LogP contribution is -2.09. The molecule has 0 aliphatic carbocycles. The molecule has 69 heavy (non-hydrogen) atoms. The van der Waals surface area contributed by atoms with Crippen LogP contribution in [0.2, 0.25) is 0 Å². The van der Waals surface area contributed by atoms with E-state index in [4.69, 9.17) is 0 Å². The average Bonchev–Trinajstić information content (AvgIpc) is 3.97. The molecule has 0 bridgehead atoms. The van der Waals surface area contributed by atoms with E-state index in [0.29, 0.717) is 0 Å². The molecule has 2 aromatic heterocycles. The van der Waals surface area contributed by atoms with Crippen LogP contribution >= 0.6 is 11.3 Å². The second-order valence-electron chi connectivity index (χ2n) is 17.7. The van der Waals surface area contributed by atoms with Crippen molar-refractivity contribution in [3.8, 4) is 61.3 Å². The van der Waals surface area contributed by atoms with Crippen molar-refractivity contribution in [1.29, 1.82) is 0 Å². The Morgan fingerprint density at radius 1 is 0.261 bits per heavy atom. The van der Waals surface area contributed by atoms with Gasteiger partial charge in [-0.2, -0.15) is 0 Å². The Kier molecular flexibility index (Phi) is 10.1. The van der Waals surface area contributed by atoms with E-state index < -0.39 is 0 Å². The Morgan fingerprint density at radius 2 is 0.681 bits per heavy atom. The summed E-state index contributed by atoms with van der Waals surface area (Å²) >= 11 is 1.86. The second-order valence-corrected chi connectivity index (χ2v) is 18.8. The third-order valence-electron chi connectivity index (χ3n) is 13.6. The highest BCUT2D eigenvalue weighted by Crippen LogP contribution is 2.42. The van der Waals surface area contributed by atoms with Crippen molar-refractivity contribution < 1.29 is 0 Å². The molecular formula is C66H44N2S. The minimum Gasteiger partial charge on any atom is -0.311 e. The van der Waals surface area contributed by atoms with Gasteiger partial charge in [0.05, 0.1) is 16.7 Å². The topological polar surface area (TPSA) is 8.17 Å². The molecule has 324 valence electrons. The molecule has 2 heterocycles. The number of rotatable bonds is 9. The standard InChI is InChI=1S/C66H44N2S/c1-3-13-45(14-4-1)48-27-35-54(36-28-48)67(56-39-31-50(32-40-56)52-34-42-66-61(43-52)60-19-9-12-22-65(60)69-66)55-37-29-49(30-38-55)47-23-25-51(26-24-47)57-17-7-10-20-62(57)68-63-21-11-8-18-58(63)59-41-33-53(44-64(59)68)46-15-5-2-6-16-46/h1-44H. The number of para-hydroxylation sites is 2. The van der Waals surface area contributed by atoms with Crippen molar-refractivity contribution in [1.82, 2.24) is 4.57 Å². The highest BCUT2D eigenvalue weighted by Gasteiger charge is 2.18. The molecule has 2 nitrogen and oxygen atoms in total. The van der Waals surface area contributed by atoms with Crippen LogP contribution in [-0.4, -0.2) is 4.57 Å². The van der Waals surface area contributed by atoms with Gasteiger partial charge in [-0.15, -0.1) is 11.3 Å². The van der Waals surface area contributed by atoms with Crippen LogP contribution < -0.4 is 4.90 Å². The van der Waals surface area contributed by atoms with Crippen molar-refractivity contribution in [3.63, 3.8) is 0 Å². The fraction of sp³-hybridized carbons (Fsp3) is 0. The van der Waals surface area contributed by atoms with Crippen LogP contribution in [0.1, 0.15) is 0 Å². The Bertz CT molecular complexity index is 3960. The lowest BCUT2D eigenvalue weighted by molar-refractivity contribution is 1.18. The molecule has 0 fully saturated rings. The summed E-state index contributed by atoms with van der Waals surface area (Å²) < 4.78 is 5.09. The number of thiophene rings is 1. The molecule has 0 aliphatic rings. The molecule has 0 unspecified atom stereocenters. The predicted molar refractivity (Wildman–Crippen MR) is 296 cm³/mol. The van der Waals surface area contributed by atoms with Crippen molar-refractivity contribution in [3.05, 3.63) is 267 Å². The molecule has 11 aromatic carbocycles. The zero-order valence-electron chi connectivity index (χ0n) is 37.7. The number of aromatic nitrogens is 1. The number of hydrogen-bond acceptors (Lipinski definition) is 2. The van der Waals surface area contributed by atoms with Crippen molar-refractivity contribution in [2.75, 3.05) is 4.90 Å². The van der Waals surface area contributed by atoms with E-state index in [1.54, 1.807) is 0 Å². The molecule has 0 N–H and O–H groups in total. The van der Waals surface area contributed by atoms with E-state index in [1.165, 1.54) is 97.6 Å². The summed E-state index contributed by atoms with van der Waals surface area (Å²) in [5, 5.41) is 5.13. The Morgan fingerprint density at radius 3 is 1.33 bits per heavy atom. The first-order valence-electron chi connectivity index (χ1n) is 23.6. The summed E-state index contributed by atoms with van der Waals surface area (Å²) in [7, 11) is 0. The lowest BCUT2D eigenvalue weighted by Gasteiger charge is -2.26. The van der Waals surface area contributed by atoms with Gasteiger partial charge >= 0.3 is 0 Å². The number of fused-ring (bicyclic) bond motifs is 6. The van der Waals surface area contributed by atoms with Crippen LogP contribution in [0.3, 0.4) is 0 Å². The van der Waals surface area contributed by atoms with E-state index in [-0.39, 0.29) is 0 Å². The van der Waals surface area contributed by atoms with Crippen LogP contribution in [0, 0.1) is 0 Å². The van der Waals surface area contributed by atoms with Gasteiger partial charge in [0.2, 0.25) is 0 Å². The molecule has 0 spiro atoms. The van der Waals surface area contributed by atoms with Crippen molar-refractivity contribution in [2.24, 2.45) is 0 Å². The maximum Gasteiger partial charge on any atom is 0.0547 e. The van der Waals surface area contributed by atoms with Crippen LogP contribution in [0.25, 0.3) is 103 Å². The number of hydrogen-bond donors (Lipinski definition) is 0. The minimum atomic E-state index is 1.09. The first kappa shape index (κ1) is 40.5. The number of benzene rings is 11. The van der Waals surface area contributed by atoms with Gasteiger partial charge in [-0.25, -0.2) is 0 Å². The summed E-state index contributed by atoms with van der Waals surface area (Å²) in [5.41, 5.74) is 18.8. The molecule has 0 saturated carbocycles. The third kappa shape index (κ3) is 7.37. The van der Waals surface area contributed by atoms with Gasteiger partial charge in [-0.05, 0) is 123 Å². The van der Waals surface area contributed by atoms with Gasteiger partial charge in [0.1, 0.15) is 0 Å².